The van der Waals surface area contributed by atoms with Gasteiger partial charge in [0.05, 0.1) is 0 Å². The molecule has 0 atom stereocenters. The zero-order chi connectivity index (χ0) is 12.3. The van der Waals surface area contributed by atoms with Crippen LogP contribution >= 0.6 is 0 Å². The minimum atomic E-state index is -1.35. The summed E-state index contributed by atoms with van der Waals surface area (Å²) in [7, 11) is -1.35. The number of hydrogen-bond donors (Lipinski definition) is 0. The van der Waals surface area contributed by atoms with Crippen molar-refractivity contribution in [2.24, 2.45) is 0 Å². The van der Waals surface area contributed by atoms with Crippen LogP contribution in [0.25, 0.3) is 0 Å². The third-order valence-electron chi connectivity index (χ3n) is 2.87. The summed E-state index contributed by atoms with van der Waals surface area (Å²) in [5.41, 5.74) is 4.29. The number of hydrogen-bond acceptors (Lipinski definition) is 0. The van der Waals surface area contributed by atoms with Crippen LogP contribution in [0.15, 0.2) is 60.7 Å². The Bertz CT molecular complexity index is 420. The second-order valence-electron chi connectivity index (χ2n) is 5.36. The van der Waals surface area contributed by atoms with Crippen LogP contribution < -0.4 is 18.9 Å². The van der Waals surface area contributed by atoms with E-state index in [1.807, 2.05) is 0 Å². The first-order valence-corrected chi connectivity index (χ1v) is 9.57. The first kappa shape index (κ1) is 15.2. The molecule has 0 aliphatic carbocycles. The van der Waals surface area contributed by atoms with Gasteiger partial charge in [-0.2, -0.15) is 0 Å². The van der Waals surface area contributed by atoms with Gasteiger partial charge >= 0.3 is 18.9 Å². The van der Waals surface area contributed by atoms with E-state index in [-0.39, 0.29) is 18.9 Å². The molecule has 0 bridgehead atoms. The van der Waals surface area contributed by atoms with E-state index in [2.05, 4.69) is 80.3 Å². The summed E-state index contributed by atoms with van der Waals surface area (Å²) in [6, 6.07) is 21.5. The maximum Gasteiger partial charge on any atom is 1.00 e. The third-order valence-corrected chi connectivity index (χ3v) is 4.95. The van der Waals surface area contributed by atoms with Crippen LogP contribution in [0.1, 0.15) is 11.1 Å². The van der Waals surface area contributed by atoms with E-state index in [0.717, 1.165) is 0 Å². The maximum absolute atomic E-state index is 2.41. The van der Waals surface area contributed by atoms with Gasteiger partial charge in [-0.3, -0.25) is 0 Å². The van der Waals surface area contributed by atoms with Gasteiger partial charge in [-0.05, 0) is 0 Å². The molecule has 0 unspecified atom stereocenters. The van der Waals surface area contributed by atoms with Crippen molar-refractivity contribution in [3.05, 3.63) is 77.3 Å². The summed E-state index contributed by atoms with van der Waals surface area (Å²) in [6.07, 6.45) is 0. The van der Waals surface area contributed by atoms with Gasteiger partial charge in [0.25, 0.3) is 0 Å². The van der Waals surface area contributed by atoms with Crippen LogP contribution in [0.5, 0.6) is 0 Å². The Morgan fingerprint density at radius 1 is 0.667 bits per heavy atom. The summed E-state index contributed by atoms with van der Waals surface area (Å²) < 4.78 is 0. The first-order chi connectivity index (χ1) is 8.09. The summed E-state index contributed by atoms with van der Waals surface area (Å²) >= 11 is 0. The molecule has 0 spiro atoms. The molecule has 0 N–H and O–H groups in total. The molecule has 0 saturated carbocycles. The zero-order valence-electron chi connectivity index (χ0n) is 11.8. The average Bonchev–Trinajstić information content (AvgIpc) is 2.30. The Balaban J connectivity index is 0.00000162. The Kier molecular flexibility index (Phi) is 5.35. The molecule has 0 aliphatic rings. The summed E-state index contributed by atoms with van der Waals surface area (Å²) in [5, 5.41) is 0. The molecule has 2 rings (SSSR count). The summed E-state index contributed by atoms with van der Waals surface area (Å²) in [5.74, 6) is 0. The van der Waals surface area contributed by atoms with Gasteiger partial charge in [0.15, 0.2) is 0 Å². The van der Waals surface area contributed by atoms with Gasteiger partial charge in [-0.25, -0.2) is 0 Å². The minimum absolute atomic E-state index is 0. The van der Waals surface area contributed by atoms with Crippen molar-refractivity contribution in [3.63, 3.8) is 0 Å². The largest absolute Gasteiger partial charge is 1.00 e. The first-order valence-electron chi connectivity index (χ1n) is 6.07. The molecule has 18 heavy (non-hydrogen) atoms. The summed E-state index contributed by atoms with van der Waals surface area (Å²) in [6.45, 7) is 7.22. The van der Waals surface area contributed by atoms with Crippen molar-refractivity contribution in [1.29, 1.82) is 0 Å². The standard InChI is InChI=1S/C16H19Si.Li/c1-17(2,3)16(14-10-6-4-7-11-14)15-12-8-5-9-13-15;/h4-13H,1-3H3;/q-1;+1. The molecular formula is C16H19LiSi. The molecule has 0 amide bonds. The van der Waals surface area contributed by atoms with Crippen molar-refractivity contribution in [3.8, 4) is 0 Å². The molecule has 0 fully saturated rings. The molecule has 0 nitrogen and oxygen atoms in total. The Hall–Kier alpha value is -0.876. The topological polar surface area (TPSA) is 0 Å². The third kappa shape index (κ3) is 3.56. The van der Waals surface area contributed by atoms with Crippen LogP contribution in [-0.2, 0) is 0 Å². The van der Waals surface area contributed by atoms with Gasteiger partial charge in [-0.15, -0.1) is 40.9 Å². The van der Waals surface area contributed by atoms with Crippen LogP contribution in [0.3, 0.4) is 0 Å². The van der Waals surface area contributed by atoms with E-state index in [1.165, 1.54) is 11.1 Å². The van der Waals surface area contributed by atoms with E-state index in [4.69, 9.17) is 0 Å². The Morgan fingerprint density at radius 3 is 1.28 bits per heavy atom. The van der Waals surface area contributed by atoms with Gasteiger partial charge in [0.2, 0.25) is 0 Å². The van der Waals surface area contributed by atoms with Crippen molar-refractivity contribution in [2.75, 3.05) is 0 Å². The van der Waals surface area contributed by atoms with Crippen molar-refractivity contribution in [2.45, 2.75) is 19.6 Å². The van der Waals surface area contributed by atoms with Gasteiger partial charge in [0.1, 0.15) is 0 Å². The van der Waals surface area contributed by atoms with Gasteiger partial charge < -0.3 is 0 Å². The molecule has 0 aromatic heterocycles. The van der Waals surface area contributed by atoms with E-state index >= 15 is 0 Å². The molecular weight excluding hydrogens is 227 g/mol. The fourth-order valence-electron chi connectivity index (χ4n) is 2.24. The fourth-order valence-corrected chi connectivity index (χ4v) is 4.31. The molecule has 2 aromatic rings. The van der Waals surface area contributed by atoms with Gasteiger partial charge in [-0.1, -0.05) is 56.0 Å². The van der Waals surface area contributed by atoms with E-state index in [1.54, 1.807) is 5.54 Å². The predicted octanol–water partition coefficient (Wildman–Crippen LogP) is 1.54. The van der Waals surface area contributed by atoms with Crippen molar-refractivity contribution < 1.29 is 18.9 Å². The molecule has 88 valence electrons. The van der Waals surface area contributed by atoms with Crippen molar-refractivity contribution in [1.82, 2.24) is 0 Å². The maximum atomic E-state index is 2.41. The van der Waals surface area contributed by atoms with Crippen LogP contribution in [0, 0.1) is 5.54 Å². The normalized spacial score (nSPS) is 10.6. The van der Waals surface area contributed by atoms with Gasteiger partial charge in [0, 0.05) is 8.07 Å². The second kappa shape index (κ2) is 6.34. The van der Waals surface area contributed by atoms with Crippen LogP contribution in [0.2, 0.25) is 19.6 Å². The number of rotatable bonds is 3. The predicted molar refractivity (Wildman–Crippen MR) is 77.7 cm³/mol. The second-order valence-corrected chi connectivity index (χ2v) is 10.4. The molecule has 0 saturated heterocycles. The SMILES string of the molecule is C[Si](C)(C)[C-](c1ccccc1)c1ccccc1.[Li+]. The quantitative estimate of drug-likeness (QED) is 0.569. The van der Waals surface area contributed by atoms with E-state index in [0.29, 0.717) is 0 Å². The smallest absolute Gasteiger partial charge is 0.122 e. The average molecular weight is 246 g/mol. The van der Waals surface area contributed by atoms with Crippen molar-refractivity contribution >= 4 is 8.07 Å². The number of benzene rings is 2. The van der Waals surface area contributed by atoms with Crippen LogP contribution in [-0.4, -0.2) is 8.07 Å². The molecule has 2 heteroatoms. The Morgan fingerprint density at radius 2 is 1.00 bits per heavy atom. The zero-order valence-corrected chi connectivity index (χ0v) is 12.8. The van der Waals surface area contributed by atoms with Crippen LogP contribution in [0.4, 0.5) is 0 Å². The Labute approximate surface area is 124 Å². The minimum Gasteiger partial charge on any atom is -0.122 e. The van der Waals surface area contributed by atoms with E-state index < -0.39 is 8.07 Å². The summed E-state index contributed by atoms with van der Waals surface area (Å²) in [4.78, 5) is 0. The fraction of sp³-hybridized carbons (Fsp3) is 0.188. The molecule has 0 aliphatic heterocycles. The molecule has 0 heterocycles. The monoisotopic (exact) mass is 246 g/mol. The van der Waals surface area contributed by atoms with E-state index in [9.17, 15) is 0 Å². The molecule has 0 radical (unpaired) electrons. The molecule has 2 aromatic carbocycles.